The summed E-state index contributed by atoms with van der Waals surface area (Å²) in [7, 11) is 0. The van der Waals surface area contributed by atoms with Gasteiger partial charge in [0.2, 0.25) is 23.6 Å². The Morgan fingerprint density at radius 1 is 0.625 bits per heavy atom. The maximum absolute atomic E-state index is 14.2. The lowest BCUT2D eigenvalue weighted by molar-refractivity contribution is -0.134. The van der Waals surface area contributed by atoms with E-state index >= 15 is 0 Å². The molecule has 56 heavy (non-hydrogen) atoms. The Hall–Kier alpha value is -4.85. The highest BCUT2D eigenvalue weighted by Gasteiger charge is 2.31. The molecule has 0 bridgehead atoms. The number of alkyl halides is 3. The van der Waals surface area contributed by atoms with E-state index in [4.69, 9.17) is 46.3 Å². The number of rotatable bonds is 24. The fraction of sp³-hybridized carbons (Fsp3) is 0.400. The number of Topliss-reactive ketones (excluding diaryl/α,β-unsaturated/α-hetero) is 1. The number of aliphatic imine (C=N–C) groups is 1. The first-order valence-electron chi connectivity index (χ1n) is 18.3. The number of carbonyl (C=O) groups excluding carboxylic acids is 5. The van der Waals surface area contributed by atoms with Crippen LogP contribution in [0.15, 0.2) is 89.9 Å². The largest absolute Gasteiger partial charge is 0.370 e. The number of nitrogens with two attached hydrogens (primary N) is 2. The highest BCUT2D eigenvalue weighted by Crippen LogP contribution is 2.17. The minimum absolute atomic E-state index is 0.0781. The van der Waals surface area contributed by atoms with Crippen molar-refractivity contribution in [1.82, 2.24) is 21.3 Å². The van der Waals surface area contributed by atoms with Gasteiger partial charge in [-0.25, -0.2) is 0 Å². The number of ketones is 1. The van der Waals surface area contributed by atoms with Crippen molar-refractivity contribution in [2.24, 2.45) is 16.5 Å². The zero-order valence-electron chi connectivity index (χ0n) is 31.4. The van der Waals surface area contributed by atoms with Crippen LogP contribution in [0.2, 0.25) is 0 Å². The smallest absolute Gasteiger partial charge is 0.243 e. The average molecular weight is 830 g/mol. The number of hydrogen-bond donors (Lipinski definition) is 6. The van der Waals surface area contributed by atoms with Crippen LogP contribution in [0.1, 0.15) is 36.5 Å². The summed E-state index contributed by atoms with van der Waals surface area (Å²) in [5.41, 5.74) is 14.0. The molecule has 16 heteroatoms. The van der Waals surface area contributed by atoms with E-state index < -0.39 is 53.6 Å². The number of amides is 4. The molecule has 4 amide bonds. The second-order valence-electron chi connectivity index (χ2n) is 13.1. The summed E-state index contributed by atoms with van der Waals surface area (Å²) in [6, 6.07) is 21.4. The van der Waals surface area contributed by atoms with E-state index in [-0.39, 0.29) is 44.1 Å². The normalized spacial score (nSPS) is 12.9. The molecule has 3 aromatic carbocycles. The van der Waals surface area contributed by atoms with Crippen LogP contribution < -0.4 is 37.6 Å². The van der Waals surface area contributed by atoms with Crippen LogP contribution in [0.3, 0.4) is 0 Å². The van der Waals surface area contributed by atoms with Crippen molar-refractivity contribution >= 4 is 75.9 Å². The Morgan fingerprint density at radius 2 is 1.05 bits per heavy atom. The zero-order chi connectivity index (χ0) is 40.9. The number of carbonyl (C=O) groups is 5. The summed E-state index contributed by atoms with van der Waals surface area (Å²) in [5, 5.41) is 11.1. The number of halogens is 3. The fourth-order valence-corrected chi connectivity index (χ4v) is 6.55. The maximum Gasteiger partial charge on any atom is 0.243 e. The van der Waals surface area contributed by atoms with Crippen molar-refractivity contribution in [3.63, 3.8) is 0 Å². The third kappa shape index (κ3) is 16.1. The predicted molar refractivity (Wildman–Crippen MR) is 223 cm³/mol. The quantitative estimate of drug-likeness (QED) is 0.0343. The molecular formula is C40H51Cl3N8O5. The van der Waals surface area contributed by atoms with Gasteiger partial charge in [-0.2, -0.15) is 0 Å². The lowest BCUT2D eigenvalue weighted by Crippen LogP contribution is -2.59. The first-order chi connectivity index (χ1) is 26.9. The van der Waals surface area contributed by atoms with Crippen molar-refractivity contribution in [3.05, 3.63) is 102 Å². The van der Waals surface area contributed by atoms with Crippen LogP contribution in [0.25, 0.3) is 0 Å². The Balaban J connectivity index is 1.88. The van der Waals surface area contributed by atoms with Crippen molar-refractivity contribution in [1.29, 1.82) is 0 Å². The van der Waals surface area contributed by atoms with Gasteiger partial charge in [-0.1, -0.05) is 72.8 Å². The first-order valence-corrected chi connectivity index (χ1v) is 19.9. The fourth-order valence-electron chi connectivity index (χ4n) is 5.95. The molecule has 302 valence electrons. The molecule has 4 unspecified atom stereocenters. The molecule has 3 aromatic rings. The highest BCUT2D eigenvalue weighted by molar-refractivity contribution is 6.28. The van der Waals surface area contributed by atoms with Crippen LogP contribution in [0.4, 0.5) is 5.69 Å². The van der Waals surface area contributed by atoms with E-state index in [0.717, 1.165) is 22.4 Å². The standard InChI is InChI=1S/C40H51Cl3N8O5/c1-27(52)47-33(25-30-14-16-31(17-15-30)51(21-18-41)22-19-42)37(54)49-35(24-29-11-6-3-7-12-29)39(56)50-34(23-28-9-4-2-5-10-28)38(55)48-32(36(53)26-43)13-8-20-46-40(44)45/h2-7,9-12,14-17,32-35H,8,13,18-26H2,1H3,(H,47,52)(H,48,55)(H,49,54)(H,50,56)(H4,44,45,46). The van der Waals surface area contributed by atoms with E-state index in [1.165, 1.54) is 6.92 Å². The second kappa shape index (κ2) is 24.6. The summed E-state index contributed by atoms with van der Waals surface area (Å²) in [6.07, 6.45) is 0.882. The molecule has 0 saturated heterocycles. The van der Waals surface area contributed by atoms with Crippen LogP contribution in [-0.2, 0) is 43.2 Å². The van der Waals surface area contributed by atoms with Gasteiger partial charge in [0.15, 0.2) is 11.7 Å². The predicted octanol–water partition coefficient (Wildman–Crippen LogP) is 2.82. The van der Waals surface area contributed by atoms with Crippen molar-refractivity contribution in [2.75, 3.05) is 42.2 Å². The molecule has 4 atom stereocenters. The number of hydrogen-bond acceptors (Lipinski definition) is 7. The highest BCUT2D eigenvalue weighted by atomic mass is 35.5. The topological polar surface area (TPSA) is 201 Å². The molecule has 0 spiro atoms. The summed E-state index contributed by atoms with van der Waals surface area (Å²) in [5.74, 6) is -2.28. The molecule has 0 radical (unpaired) electrons. The van der Waals surface area contributed by atoms with E-state index in [2.05, 4.69) is 26.3 Å². The molecule has 0 heterocycles. The van der Waals surface area contributed by atoms with Crippen LogP contribution in [0, 0.1) is 0 Å². The molecular weight excluding hydrogens is 779 g/mol. The van der Waals surface area contributed by atoms with Gasteiger partial charge in [-0.05, 0) is 41.7 Å². The Bertz CT molecular complexity index is 1720. The first kappa shape index (κ1) is 45.5. The average Bonchev–Trinajstić information content (AvgIpc) is 3.18. The number of benzene rings is 3. The Labute approximate surface area is 343 Å². The van der Waals surface area contributed by atoms with Gasteiger partial charge in [0, 0.05) is 63.3 Å². The second-order valence-corrected chi connectivity index (χ2v) is 14.1. The van der Waals surface area contributed by atoms with E-state index in [1.54, 1.807) is 12.1 Å². The molecule has 3 rings (SSSR count). The summed E-state index contributed by atoms with van der Waals surface area (Å²) in [6.45, 7) is 2.76. The molecule has 0 saturated carbocycles. The SMILES string of the molecule is CC(=O)NC(Cc1ccc(N(CCCl)CCCl)cc1)C(=O)NC(Cc1ccccc1)C(=O)NC(Cc1ccccc1)C(=O)NC(CCCN=C(N)N)C(=O)CCl. The number of nitrogens with one attached hydrogen (secondary N) is 4. The zero-order valence-corrected chi connectivity index (χ0v) is 33.7. The number of guanidine groups is 1. The van der Waals surface area contributed by atoms with Crippen molar-refractivity contribution in [2.45, 2.75) is 63.2 Å². The van der Waals surface area contributed by atoms with Gasteiger partial charge in [0.05, 0.1) is 11.9 Å². The Morgan fingerprint density at radius 3 is 1.46 bits per heavy atom. The van der Waals surface area contributed by atoms with E-state index in [9.17, 15) is 24.0 Å². The summed E-state index contributed by atoms with van der Waals surface area (Å²) in [4.78, 5) is 73.1. The maximum atomic E-state index is 14.2. The lowest BCUT2D eigenvalue weighted by atomic mass is 10.0. The number of nitrogens with zero attached hydrogens (tertiary/aromatic N) is 2. The van der Waals surface area contributed by atoms with E-state index in [0.29, 0.717) is 31.3 Å². The molecule has 0 aliphatic rings. The summed E-state index contributed by atoms with van der Waals surface area (Å²) < 4.78 is 0. The van der Waals surface area contributed by atoms with Crippen LogP contribution in [-0.4, -0.2) is 96.8 Å². The van der Waals surface area contributed by atoms with Gasteiger partial charge in [0.1, 0.15) is 18.1 Å². The summed E-state index contributed by atoms with van der Waals surface area (Å²) >= 11 is 17.9. The molecule has 0 aliphatic carbocycles. The Kier molecular flexibility index (Phi) is 20.0. The molecule has 0 aliphatic heterocycles. The third-order valence-corrected chi connectivity index (χ3v) is 9.36. The molecule has 0 aromatic heterocycles. The monoisotopic (exact) mass is 828 g/mol. The number of anilines is 1. The van der Waals surface area contributed by atoms with Crippen molar-refractivity contribution < 1.29 is 24.0 Å². The minimum atomic E-state index is -1.16. The van der Waals surface area contributed by atoms with E-state index in [1.807, 2.05) is 77.7 Å². The van der Waals surface area contributed by atoms with Gasteiger partial charge in [-0.3, -0.25) is 29.0 Å². The molecule has 8 N–H and O–H groups in total. The van der Waals surface area contributed by atoms with Crippen molar-refractivity contribution in [3.8, 4) is 0 Å². The third-order valence-electron chi connectivity index (χ3n) is 8.76. The molecule has 13 nitrogen and oxygen atoms in total. The van der Waals surface area contributed by atoms with Crippen LogP contribution >= 0.6 is 34.8 Å². The minimum Gasteiger partial charge on any atom is -0.370 e. The van der Waals surface area contributed by atoms with Gasteiger partial charge in [-0.15, -0.1) is 34.8 Å². The lowest BCUT2D eigenvalue weighted by Gasteiger charge is -2.27. The van der Waals surface area contributed by atoms with Gasteiger partial charge < -0.3 is 37.6 Å². The van der Waals surface area contributed by atoms with Gasteiger partial charge in [0.25, 0.3) is 0 Å². The van der Waals surface area contributed by atoms with Crippen LogP contribution in [0.5, 0.6) is 0 Å². The van der Waals surface area contributed by atoms with Gasteiger partial charge >= 0.3 is 0 Å². The molecule has 0 fully saturated rings.